The summed E-state index contributed by atoms with van der Waals surface area (Å²) in [4.78, 5) is 15.2. The lowest BCUT2D eigenvalue weighted by molar-refractivity contribution is -0.141. The molecule has 0 aromatic heterocycles. The van der Waals surface area contributed by atoms with Crippen LogP contribution in [-0.2, 0) is 15.1 Å². The monoisotopic (exact) mass is 443 g/mol. The van der Waals surface area contributed by atoms with E-state index in [0.29, 0.717) is 31.4 Å². The van der Waals surface area contributed by atoms with Crippen LogP contribution in [0.1, 0.15) is 76.2 Å². The second-order valence-corrected chi connectivity index (χ2v) is 10.2. The number of hydrogen-bond acceptors (Lipinski definition) is 4. The van der Waals surface area contributed by atoms with Crippen molar-refractivity contribution in [2.45, 2.75) is 76.2 Å². The molecule has 0 unspecified atom stereocenters. The normalized spacial score (nSPS) is 23.8. The van der Waals surface area contributed by atoms with Crippen molar-refractivity contribution in [3.05, 3.63) is 29.8 Å². The zero-order valence-corrected chi connectivity index (χ0v) is 19.8. The summed E-state index contributed by atoms with van der Waals surface area (Å²) in [5, 5.41) is 12.3. The zero-order valence-electron chi connectivity index (χ0n) is 19.8. The highest BCUT2D eigenvalue weighted by molar-refractivity contribution is 5.79. The quantitative estimate of drug-likeness (QED) is 0.494. The first-order valence-corrected chi connectivity index (χ1v) is 12.8. The number of piperidine rings is 1. The summed E-state index contributed by atoms with van der Waals surface area (Å²) >= 11 is 0. The zero-order chi connectivity index (χ0) is 22.4. The molecule has 5 heteroatoms. The molecule has 1 N–H and O–H groups in total. The van der Waals surface area contributed by atoms with Crippen LogP contribution in [0.2, 0.25) is 0 Å². The average molecular weight is 444 g/mol. The molecule has 2 aliphatic carbocycles. The van der Waals surface area contributed by atoms with E-state index in [4.69, 9.17) is 9.47 Å². The number of aliphatic hydroxyl groups is 1. The van der Waals surface area contributed by atoms with Crippen LogP contribution in [-0.4, -0.2) is 49.3 Å². The van der Waals surface area contributed by atoms with Crippen molar-refractivity contribution in [1.82, 2.24) is 4.90 Å². The second-order valence-electron chi connectivity index (χ2n) is 10.2. The Kier molecular flexibility index (Phi) is 8.12. The first kappa shape index (κ1) is 23.6. The minimum Gasteiger partial charge on any atom is -0.493 e. The van der Waals surface area contributed by atoms with E-state index in [1.807, 2.05) is 24.3 Å². The van der Waals surface area contributed by atoms with Gasteiger partial charge in [0.25, 0.3) is 0 Å². The minimum absolute atomic E-state index is 0.0230. The van der Waals surface area contributed by atoms with Crippen molar-refractivity contribution in [3.8, 4) is 5.75 Å². The second kappa shape index (κ2) is 11.0. The maximum atomic E-state index is 13.2. The summed E-state index contributed by atoms with van der Waals surface area (Å²) in [5.74, 6) is 2.00. The van der Waals surface area contributed by atoms with Gasteiger partial charge in [0.05, 0.1) is 12.2 Å². The van der Waals surface area contributed by atoms with E-state index in [0.717, 1.165) is 63.0 Å². The molecule has 0 spiro atoms. The summed E-state index contributed by atoms with van der Waals surface area (Å²) in [6.45, 7) is 2.90. The molecule has 1 saturated heterocycles. The van der Waals surface area contributed by atoms with Gasteiger partial charge in [-0.05, 0) is 69.8 Å². The molecular formula is C27H41NO4. The Morgan fingerprint density at radius 1 is 1.09 bits per heavy atom. The molecule has 32 heavy (non-hydrogen) atoms. The van der Waals surface area contributed by atoms with Gasteiger partial charge < -0.3 is 19.5 Å². The van der Waals surface area contributed by atoms with Gasteiger partial charge in [0.15, 0.2) is 0 Å². The topological polar surface area (TPSA) is 59.0 Å². The number of para-hydroxylation sites is 1. The number of rotatable bonds is 11. The standard InChI is InChI=1S/C27H41NO4/c1-31-18-7-6-16-27(30,24-12-4-5-13-25(24)32-20-21-14-15-21)23-11-8-17-28(19-23)26(29)22-9-2-3-10-22/h4-5,12-13,21-23,30H,2-3,6-11,14-20H2,1H3/t23-,27+/m1/s1. The Morgan fingerprint density at radius 3 is 2.62 bits per heavy atom. The Bertz CT molecular complexity index is 743. The lowest BCUT2D eigenvalue weighted by Gasteiger charge is -2.44. The SMILES string of the molecule is COCCCC[C@@](O)(c1ccccc1OCC1CC1)[C@@H]1CCCN(C(=O)C2CCCC2)C1. The minimum atomic E-state index is -0.998. The van der Waals surface area contributed by atoms with Crippen LogP contribution in [0.3, 0.4) is 0 Å². The van der Waals surface area contributed by atoms with Crippen LogP contribution in [0, 0.1) is 17.8 Å². The Labute approximate surface area is 193 Å². The molecule has 3 fully saturated rings. The highest BCUT2D eigenvalue weighted by Gasteiger charge is 2.43. The van der Waals surface area contributed by atoms with Crippen LogP contribution in [0.25, 0.3) is 0 Å². The third kappa shape index (κ3) is 5.66. The summed E-state index contributed by atoms with van der Waals surface area (Å²) in [7, 11) is 1.72. The van der Waals surface area contributed by atoms with E-state index in [9.17, 15) is 9.90 Å². The molecule has 2 saturated carbocycles. The molecule has 0 bridgehead atoms. The fraction of sp³-hybridized carbons (Fsp3) is 0.741. The molecule has 1 amide bonds. The summed E-state index contributed by atoms with van der Waals surface area (Å²) in [6.07, 6.45) is 11.2. The number of unbranched alkanes of at least 4 members (excludes halogenated alkanes) is 1. The number of hydrogen-bond donors (Lipinski definition) is 1. The molecule has 2 atom stereocenters. The first-order chi connectivity index (χ1) is 15.6. The maximum absolute atomic E-state index is 13.2. The lowest BCUT2D eigenvalue weighted by atomic mass is 9.73. The smallest absolute Gasteiger partial charge is 0.225 e. The predicted octanol–water partition coefficient (Wildman–Crippen LogP) is 4.91. The van der Waals surface area contributed by atoms with E-state index in [1.54, 1.807) is 7.11 Å². The van der Waals surface area contributed by atoms with E-state index in [1.165, 1.54) is 25.7 Å². The predicted molar refractivity (Wildman–Crippen MR) is 126 cm³/mol. The number of ether oxygens (including phenoxy) is 2. The molecule has 178 valence electrons. The van der Waals surface area contributed by atoms with Crippen molar-refractivity contribution >= 4 is 5.91 Å². The van der Waals surface area contributed by atoms with Crippen molar-refractivity contribution in [1.29, 1.82) is 0 Å². The Balaban J connectivity index is 1.54. The van der Waals surface area contributed by atoms with Crippen molar-refractivity contribution in [2.24, 2.45) is 17.8 Å². The molecule has 1 aromatic rings. The van der Waals surface area contributed by atoms with Crippen LogP contribution in [0.4, 0.5) is 0 Å². The van der Waals surface area contributed by atoms with Crippen molar-refractivity contribution < 1.29 is 19.4 Å². The largest absolute Gasteiger partial charge is 0.493 e. The number of amides is 1. The van der Waals surface area contributed by atoms with Gasteiger partial charge >= 0.3 is 0 Å². The fourth-order valence-electron chi connectivity index (χ4n) is 5.64. The van der Waals surface area contributed by atoms with Crippen LogP contribution in [0.5, 0.6) is 5.75 Å². The van der Waals surface area contributed by atoms with Gasteiger partial charge in [-0.15, -0.1) is 0 Å². The van der Waals surface area contributed by atoms with Gasteiger partial charge in [-0.1, -0.05) is 31.0 Å². The molecule has 4 rings (SSSR count). The number of carbonyl (C=O) groups excluding carboxylic acids is 1. The van der Waals surface area contributed by atoms with Gasteiger partial charge in [-0.3, -0.25) is 4.79 Å². The number of methoxy groups -OCH3 is 1. The lowest BCUT2D eigenvalue weighted by Crippen LogP contribution is -2.49. The van der Waals surface area contributed by atoms with E-state index < -0.39 is 5.60 Å². The fourth-order valence-corrected chi connectivity index (χ4v) is 5.64. The summed E-state index contributed by atoms with van der Waals surface area (Å²) in [6, 6.07) is 8.04. The molecule has 1 heterocycles. The maximum Gasteiger partial charge on any atom is 0.225 e. The third-order valence-corrected chi connectivity index (χ3v) is 7.79. The van der Waals surface area contributed by atoms with Crippen LogP contribution < -0.4 is 4.74 Å². The van der Waals surface area contributed by atoms with Gasteiger partial charge in [0, 0.05) is 44.2 Å². The molecule has 1 aromatic carbocycles. The van der Waals surface area contributed by atoms with Crippen molar-refractivity contribution in [3.63, 3.8) is 0 Å². The van der Waals surface area contributed by atoms with E-state index in [2.05, 4.69) is 4.90 Å². The van der Waals surface area contributed by atoms with Crippen LogP contribution >= 0.6 is 0 Å². The molecule has 0 radical (unpaired) electrons. The molecular weight excluding hydrogens is 402 g/mol. The van der Waals surface area contributed by atoms with Gasteiger partial charge in [0.1, 0.15) is 5.75 Å². The number of nitrogens with zero attached hydrogens (tertiary/aromatic N) is 1. The molecule has 5 nitrogen and oxygen atoms in total. The summed E-state index contributed by atoms with van der Waals surface area (Å²) in [5.41, 5.74) is -0.0964. The number of benzene rings is 1. The number of likely N-dealkylation sites (tertiary alicyclic amines) is 1. The Morgan fingerprint density at radius 2 is 1.88 bits per heavy atom. The van der Waals surface area contributed by atoms with Gasteiger partial charge in [-0.2, -0.15) is 0 Å². The van der Waals surface area contributed by atoms with Gasteiger partial charge in [0.2, 0.25) is 5.91 Å². The average Bonchev–Trinajstić information content (AvgIpc) is 3.50. The molecule has 3 aliphatic rings. The van der Waals surface area contributed by atoms with Gasteiger partial charge in [-0.25, -0.2) is 0 Å². The van der Waals surface area contributed by atoms with E-state index in [-0.39, 0.29) is 11.8 Å². The Hall–Kier alpha value is -1.59. The van der Waals surface area contributed by atoms with Crippen molar-refractivity contribution in [2.75, 3.05) is 33.4 Å². The molecule has 1 aliphatic heterocycles. The van der Waals surface area contributed by atoms with E-state index >= 15 is 0 Å². The highest BCUT2D eigenvalue weighted by Crippen LogP contribution is 2.44. The highest BCUT2D eigenvalue weighted by atomic mass is 16.5. The first-order valence-electron chi connectivity index (χ1n) is 12.8. The number of carbonyl (C=O) groups is 1. The summed E-state index contributed by atoms with van der Waals surface area (Å²) < 4.78 is 11.5. The van der Waals surface area contributed by atoms with Crippen LogP contribution in [0.15, 0.2) is 24.3 Å². The third-order valence-electron chi connectivity index (χ3n) is 7.79.